The summed E-state index contributed by atoms with van der Waals surface area (Å²) in [4.78, 5) is 6.42. The first-order valence-corrected chi connectivity index (χ1v) is 9.87. The topological polar surface area (TPSA) is 88.1 Å². The summed E-state index contributed by atoms with van der Waals surface area (Å²) in [5.74, 6) is 1.29. The molecular weight excluding hydrogens is 350 g/mol. The lowest BCUT2D eigenvalue weighted by atomic mass is 10.2. The van der Waals surface area contributed by atoms with Crippen molar-refractivity contribution in [3.63, 3.8) is 0 Å². The minimum absolute atomic E-state index is 0.0788. The number of hydrogen-bond donors (Lipinski definition) is 1. The molecule has 9 heteroatoms. The largest absolute Gasteiger partial charge is 0.351 e. The van der Waals surface area contributed by atoms with Gasteiger partial charge in [-0.15, -0.1) is 5.10 Å². The summed E-state index contributed by atoms with van der Waals surface area (Å²) in [7, 11) is -2.96. The molecule has 2 aromatic rings. The molecular formula is C15H18ClN5O2S. The number of anilines is 3. The molecule has 1 fully saturated rings. The van der Waals surface area contributed by atoms with E-state index < -0.39 is 9.84 Å². The number of rotatable bonds is 5. The van der Waals surface area contributed by atoms with Gasteiger partial charge in [0.2, 0.25) is 5.95 Å². The first-order chi connectivity index (χ1) is 11.5. The summed E-state index contributed by atoms with van der Waals surface area (Å²) in [5, 5.41) is 11.5. The highest BCUT2D eigenvalue weighted by Crippen LogP contribution is 2.25. The van der Waals surface area contributed by atoms with Gasteiger partial charge in [0.15, 0.2) is 15.7 Å². The van der Waals surface area contributed by atoms with Crippen molar-refractivity contribution in [3.8, 4) is 0 Å². The van der Waals surface area contributed by atoms with E-state index in [-0.39, 0.29) is 17.5 Å². The quantitative estimate of drug-likeness (QED) is 0.867. The van der Waals surface area contributed by atoms with E-state index in [1.807, 2.05) is 30.0 Å². The number of sulfone groups is 1. The molecule has 1 atom stereocenters. The Labute approximate surface area is 146 Å². The van der Waals surface area contributed by atoms with Crippen LogP contribution in [0.15, 0.2) is 30.5 Å². The fourth-order valence-electron chi connectivity index (χ4n) is 2.80. The Morgan fingerprint density at radius 2 is 2.17 bits per heavy atom. The van der Waals surface area contributed by atoms with Crippen LogP contribution in [0.3, 0.4) is 0 Å². The van der Waals surface area contributed by atoms with Crippen molar-refractivity contribution >= 4 is 38.9 Å². The number of nitrogens with one attached hydrogen (secondary N) is 1. The molecule has 0 aliphatic carbocycles. The van der Waals surface area contributed by atoms with E-state index in [0.717, 1.165) is 0 Å². The number of hydrogen-bond acceptors (Lipinski definition) is 7. The number of nitrogens with zero attached hydrogens (tertiary/aromatic N) is 4. The van der Waals surface area contributed by atoms with E-state index in [4.69, 9.17) is 11.6 Å². The van der Waals surface area contributed by atoms with Gasteiger partial charge in [-0.25, -0.2) is 8.42 Å². The molecule has 1 saturated heterocycles. The Morgan fingerprint density at radius 3 is 2.83 bits per heavy atom. The van der Waals surface area contributed by atoms with Crippen molar-refractivity contribution in [2.75, 3.05) is 28.3 Å². The molecule has 1 aromatic heterocycles. The van der Waals surface area contributed by atoms with Crippen LogP contribution >= 0.6 is 11.6 Å². The molecule has 24 heavy (non-hydrogen) atoms. The lowest BCUT2D eigenvalue weighted by Gasteiger charge is -2.27. The van der Waals surface area contributed by atoms with Crippen molar-refractivity contribution in [2.24, 2.45) is 0 Å². The van der Waals surface area contributed by atoms with Crippen LogP contribution in [-0.2, 0) is 9.84 Å². The number of halogens is 1. The molecule has 1 N–H and O–H groups in total. The van der Waals surface area contributed by atoms with E-state index in [1.54, 1.807) is 12.3 Å². The van der Waals surface area contributed by atoms with Gasteiger partial charge in [0.05, 0.1) is 28.4 Å². The third-order valence-electron chi connectivity index (χ3n) is 3.95. The van der Waals surface area contributed by atoms with Gasteiger partial charge in [0, 0.05) is 12.6 Å². The van der Waals surface area contributed by atoms with Crippen molar-refractivity contribution < 1.29 is 8.42 Å². The minimum Gasteiger partial charge on any atom is -0.351 e. The van der Waals surface area contributed by atoms with Gasteiger partial charge in [-0.2, -0.15) is 10.1 Å². The smallest absolute Gasteiger partial charge is 0.249 e. The number of para-hydroxylation sites is 1. The van der Waals surface area contributed by atoms with Gasteiger partial charge in [0.1, 0.15) is 0 Å². The molecule has 128 valence electrons. The van der Waals surface area contributed by atoms with Crippen LogP contribution in [0.4, 0.5) is 17.5 Å². The molecule has 3 rings (SSSR count). The van der Waals surface area contributed by atoms with Gasteiger partial charge in [-0.05, 0) is 25.5 Å². The van der Waals surface area contributed by atoms with Crippen LogP contribution in [0.25, 0.3) is 0 Å². The molecule has 1 aliphatic rings. The van der Waals surface area contributed by atoms with Crippen LogP contribution < -0.4 is 10.2 Å². The third-order valence-corrected chi connectivity index (χ3v) is 6.03. The Bertz CT molecular complexity index is 830. The van der Waals surface area contributed by atoms with Crippen molar-refractivity contribution in [1.29, 1.82) is 0 Å². The molecule has 2 heterocycles. The fourth-order valence-corrected chi connectivity index (χ4v) is 4.71. The van der Waals surface area contributed by atoms with Gasteiger partial charge in [0.25, 0.3) is 0 Å². The Balaban J connectivity index is 1.83. The Morgan fingerprint density at radius 1 is 1.38 bits per heavy atom. The normalized spacial score (nSPS) is 19.2. The maximum atomic E-state index is 11.7. The summed E-state index contributed by atoms with van der Waals surface area (Å²) < 4.78 is 23.5. The van der Waals surface area contributed by atoms with Crippen molar-refractivity contribution in [2.45, 2.75) is 19.4 Å². The first-order valence-electron chi connectivity index (χ1n) is 7.67. The van der Waals surface area contributed by atoms with Crippen LogP contribution in [0, 0.1) is 0 Å². The molecule has 0 radical (unpaired) electrons. The highest BCUT2D eigenvalue weighted by atomic mass is 35.5. The standard InChI is InChI=1S/C15H18ClN5O2S/c1-2-21(11-7-8-24(22,23)10-11)14-9-17-20-15(19-14)18-13-6-4-3-5-12(13)16/h3-6,9,11H,2,7-8,10H2,1H3,(H,18,19,20). The van der Waals surface area contributed by atoms with Crippen LogP contribution in [0.1, 0.15) is 13.3 Å². The molecule has 1 aromatic carbocycles. The number of aromatic nitrogens is 3. The predicted octanol–water partition coefficient (Wildman–Crippen LogP) is 2.28. The van der Waals surface area contributed by atoms with E-state index in [0.29, 0.717) is 35.4 Å². The average molecular weight is 368 g/mol. The van der Waals surface area contributed by atoms with Gasteiger partial charge >= 0.3 is 0 Å². The van der Waals surface area contributed by atoms with Gasteiger partial charge in [-0.3, -0.25) is 0 Å². The molecule has 7 nitrogen and oxygen atoms in total. The molecule has 0 bridgehead atoms. The van der Waals surface area contributed by atoms with Gasteiger partial charge in [-0.1, -0.05) is 23.7 Å². The summed E-state index contributed by atoms with van der Waals surface area (Å²) in [6, 6.07) is 7.20. The lowest BCUT2D eigenvalue weighted by Crippen LogP contribution is -2.37. The Hall–Kier alpha value is -1.93. The average Bonchev–Trinajstić information content (AvgIpc) is 2.91. The van der Waals surface area contributed by atoms with E-state index in [9.17, 15) is 8.42 Å². The van der Waals surface area contributed by atoms with Crippen molar-refractivity contribution in [1.82, 2.24) is 15.2 Å². The second-order valence-corrected chi connectivity index (χ2v) is 8.22. The van der Waals surface area contributed by atoms with E-state index in [1.165, 1.54) is 0 Å². The van der Waals surface area contributed by atoms with Gasteiger partial charge < -0.3 is 10.2 Å². The Kier molecular flexibility index (Phi) is 4.86. The summed E-state index contributed by atoms with van der Waals surface area (Å²) >= 11 is 6.12. The van der Waals surface area contributed by atoms with Crippen LogP contribution in [-0.4, -0.2) is 47.7 Å². The molecule has 1 unspecified atom stereocenters. The first kappa shape index (κ1) is 16.9. The monoisotopic (exact) mass is 367 g/mol. The number of benzene rings is 1. The minimum atomic E-state index is -2.96. The maximum absolute atomic E-state index is 11.7. The SMILES string of the molecule is CCN(c1cnnc(Nc2ccccc2Cl)n1)C1CCS(=O)(=O)C1. The summed E-state index contributed by atoms with van der Waals surface area (Å²) in [6.45, 7) is 2.61. The second-order valence-electron chi connectivity index (χ2n) is 5.59. The van der Waals surface area contributed by atoms with Crippen molar-refractivity contribution in [3.05, 3.63) is 35.5 Å². The van der Waals surface area contributed by atoms with Crippen LogP contribution in [0.2, 0.25) is 5.02 Å². The maximum Gasteiger partial charge on any atom is 0.249 e. The zero-order chi connectivity index (χ0) is 17.2. The second kappa shape index (κ2) is 6.90. The summed E-state index contributed by atoms with van der Waals surface area (Å²) in [5.41, 5.74) is 0.685. The van der Waals surface area contributed by atoms with E-state index >= 15 is 0 Å². The highest BCUT2D eigenvalue weighted by molar-refractivity contribution is 7.91. The molecule has 0 saturated carbocycles. The summed E-state index contributed by atoms with van der Waals surface area (Å²) in [6.07, 6.45) is 2.15. The lowest BCUT2D eigenvalue weighted by molar-refractivity contribution is 0.599. The zero-order valence-electron chi connectivity index (χ0n) is 13.2. The predicted molar refractivity (Wildman–Crippen MR) is 94.6 cm³/mol. The molecule has 1 aliphatic heterocycles. The fraction of sp³-hybridized carbons (Fsp3) is 0.400. The molecule has 0 amide bonds. The molecule has 0 spiro atoms. The highest BCUT2D eigenvalue weighted by Gasteiger charge is 2.32. The van der Waals surface area contributed by atoms with E-state index in [2.05, 4.69) is 20.5 Å². The third kappa shape index (κ3) is 3.76. The zero-order valence-corrected chi connectivity index (χ0v) is 14.8. The van der Waals surface area contributed by atoms with Crippen LogP contribution in [0.5, 0.6) is 0 Å².